The van der Waals surface area contributed by atoms with Gasteiger partial charge in [0, 0.05) is 11.1 Å². The summed E-state index contributed by atoms with van der Waals surface area (Å²) < 4.78 is 15.8. The second-order valence-corrected chi connectivity index (χ2v) is 4.70. The van der Waals surface area contributed by atoms with Gasteiger partial charge < -0.3 is 24.4 Å². The van der Waals surface area contributed by atoms with E-state index in [0.29, 0.717) is 33.9 Å². The number of rotatable bonds is 6. The molecular weight excluding hydrogens is 284 g/mol. The van der Waals surface area contributed by atoms with Crippen molar-refractivity contribution in [2.75, 3.05) is 21.3 Å². The smallest absolute Gasteiger partial charge is 0.125 e. The van der Waals surface area contributed by atoms with Crippen molar-refractivity contribution in [2.24, 2.45) is 0 Å². The van der Waals surface area contributed by atoms with E-state index in [-0.39, 0.29) is 6.61 Å². The Labute approximate surface area is 129 Å². The monoisotopic (exact) mass is 304 g/mol. The minimum atomic E-state index is -1.01. The van der Waals surface area contributed by atoms with Crippen molar-refractivity contribution in [2.45, 2.75) is 12.7 Å². The third-order valence-electron chi connectivity index (χ3n) is 3.55. The zero-order valence-corrected chi connectivity index (χ0v) is 12.9. The maximum atomic E-state index is 10.8. The number of hydrogen-bond acceptors (Lipinski definition) is 5. The van der Waals surface area contributed by atoms with Gasteiger partial charge >= 0.3 is 0 Å². The van der Waals surface area contributed by atoms with Crippen LogP contribution >= 0.6 is 0 Å². The van der Waals surface area contributed by atoms with Crippen molar-refractivity contribution in [3.8, 4) is 17.2 Å². The van der Waals surface area contributed by atoms with Crippen LogP contribution in [0.2, 0.25) is 0 Å². The zero-order chi connectivity index (χ0) is 16.1. The van der Waals surface area contributed by atoms with Crippen LogP contribution in [0.4, 0.5) is 0 Å². The third-order valence-corrected chi connectivity index (χ3v) is 3.55. The summed E-state index contributed by atoms with van der Waals surface area (Å²) in [6.45, 7) is -0.199. The quantitative estimate of drug-likeness (QED) is 0.857. The first kappa shape index (κ1) is 16.1. The highest BCUT2D eigenvalue weighted by Gasteiger charge is 2.22. The van der Waals surface area contributed by atoms with Gasteiger partial charge in [0.2, 0.25) is 0 Å². The minimum absolute atomic E-state index is 0.199. The lowest BCUT2D eigenvalue weighted by Crippen LogP contribution is -2.08. The standard InChI is InChI=1S/C17H20O5/c1-20-12-7-8-14(21-2)13(9-12)17(19)16-11(10-18)5-4-6-15(16)22-3/h4-9,17-19H,10H2,1-3H3. The summed E-state index contributed by atoms with van der Waals surface area (Å²) in [4.78, 5) is 0. The molecule has 0 saturated carbocycles. The Balaban J connectivity index is 2.59. The molecular formula is C17H20O5. The van der Waals surface area contributed by atoms with E-state index in [2.05, 4.69) is 0 Å². The number of aliphatic hydroxyl groups excluding tert-OH is 2. The van der Waals surface area contributed by atoms with Gasteiger partial charge in [0.05, 0.1) is 27.9 Å². The molecule has 5 heteroatoms. The summed E-state index contributed by atoms with van der Waals surface area (Å²) in [5.41, 5.74) is 1.65. The van der Waals surface area contributed by atoms with E-state index in [4.69, 9.17) is 14.2 Å². The number of aliphatic hydroxyl groups is 2. The van der Waals surface area contributed by atoms with E-state index < -0.39 is 6.10 Å². The molecule has 0 amide bonds. The Bertz CT molecular complexity index is 617. The van der Waals surface area contributed by atoms with E-state index in [1.54, 1.807) is 43.5 Å². The summed E-state index contributed by atoms with van der Waals surface area (Å²) in [5, 5.41) is 20.4. The lowest BCUT2D eigenvalue weighted by molar-refractivity contribution is 0.202. The fourth-order valence-electron chi connectivity index (χ4n) is 2.42. The van der Waals surface area contributed by atoms with Crippen molar-refractivity contribution < 1.29 is 24.4 Å². The molecule has 0 radical (unpaired) electrons. The van der Waals surface area contributed by atoms with Crippen LogP contribution in [0.25, 0.3) is 0 Å². The van der Waals surface area contributed by atoms with Crippen LogP contribution in [0.15, 0.2) is 36.4 Å². The summed E-state index contributed by atoms with van der Waals surface area (Å²) >= 11 is 0. The molecule has 0 saturated heterocycles. The first-order chi connectivity index (χ1) is 10.7. The highest BCUT2D eigenvalue weighted by Crippen LogP contribution is 2.38. The van der Waals surface area contributed by atoms with Crippen LogP contribution in [0.5, 0.6) is 17.2 Å². The molecule has 0 fully saturated rings. The summed E-state index contributed by atoms with van der Waals surface area (Å²) in [6.07, 6.45) is -1.01. The van der Waals surface area contributed by atoms with E-state index >= 15 is 0 Å². The zero-order valence-electron chi connectivity index (χ0n) is 12.9. The van der Waals surface area contributed by atoms with Crippen molar-refractivity contribution in [3.05, 3.63) is 53.1 Å². The highest BCUT2D eigenvalue weighted by atomic mass is 16.5. The molecule has 0 aliphatic heterocycles. The average molecular weight is 304 g/mol. The van der Waals surface area contributed by atoms with Gasteiger partial charge in [-0.1, -0.05) is 12.1 Å². The van der Waals surface area contributed by atoms with Crippen LogP contribution in [-0.4, -0.2) is 31.5 Å². The topological polar surface area (TPSA) is 68.2 Å². The van der Waals surface area contributed by atoms with Crippen molar-refractivity contribution in [1.82, 2.24) is 0 Å². The van der Waals surface area contributed by atoms with Crippen molar-refractivity contribution >= 4 is 0 Å². The molecule has 0 aromatic heterocycles. The molecule has 2 N–H and O–H groups in total. The van der Waals surface area contributed by atoms with Gasteiger partial charge in [-0.05, 0) is 29.8 Å². The number of ether oxygens (including phenoxy) is 3. The fourth-order valence-corrected chi connectivity index (χ4v) is 2.42. The number of hydrogen-bond donors (Lipinski definition) is 2. The summed E-state index contributed by atoms with van der Waals surface area (Å²) in [6, 6.07) is 10.4. The lowest BCUT2D eigenvalue weighted by atomic mass is 9.95. The van der Waals surface area contributed by atoms with E-state index in [0.717, 1.165) is 0 Å². The molecule has 2 aromatic rings. The van der Waals surface area contributed by atoms with Gasteiger partial charge in [-0.2, -0.15) is 0 Å². The molecule has 118 valence electrons. The predicted octanol–water partition coefficient (Wildman–Crippen LogP) is 2.29. The fraction of sp³-hybridized carbons (Fsp3) is 0.294. The van der Waals surface area contributed by atoms with E-state index in [9.17, 15) is 10.2 Å². The van der Waals surface area contributed by atoms with Gasteiger partial charge in [0.15, 0.2) is 0 Å². The van der Waals surface area contributed by atoms with E-state index in [1.807, 2.05) is 0 Å². The summed E-state index contributed by atoms with van der Waals surface area (Å²) in [5.74, 6) is 1.64. The lowest BCUT2D eigenvalue weighted by Gasteiger charge is -2.20. The van der Waals surface area contributed by atoms with Crippen LogP contribution < -0.4 is 14.2 Å². The molecule has 1 unspecified atom stereocenters. The van der Waals surface area contributed by atoms with Crippen LogP contribution in [0.3, 0.4) is 0 Å². The summed E-state index contributed by atoms with van der Waals surface area (Å²) in [7, 11) is 4.61. The number of benzene rings is 2. The molecule has 0 aliphatic rings. The molecule has 0 aliphatic carbocycles. The Kier molecular flexibility index (Phi) is 5.25. The molecule has 1 atom stereocenters. The predicted molar refractivity (Wildman–Crippen MR) is 82.5 cm³/mol. The molecule has 2 aromatic carbocycles. The van der Waals surface area contributed by atoms with Crippen molar-refractivity contribution in [3.63, 3.8) is 0 Å². The first-order valence-corrected chi connectivity index (χ1v) is 6.82. The molecule has 0 bridgehead atoms. The SMILES string of the molecule is COc1ccc(OC)c(C(O)c2c(CO)cccc2OC)c1. The van der Waals surface area contributed by atoms with Crippen molar-refractivity contribution in [1.29, 1.82) is 0 Å². The minimum Gasteiger partial charge on any atom is -0.497 e. The molecule has 0 heterocycles. The Morgan fingerprint density at radius 2 is 1.68 bits per heavy atom. The van der Waals surface area contributed by atoms with Gasteiger partial charge in [-0.3, -0.25) is 0 Å². The Morgan fingerprint density at radius 1 is 0.955 bits per heavy atom. The highest BCUT2D eigenvalue weighted by molar-refractivity contribution is 5.50. The van der Waals surface area contributed by atoms with Gasteiger partial charge in [0.25, 0.3) is 0 Å². The van der Waals surface area contributed by atoms with E-state index in [1.165, 1.54) is 14.2 Å². The van der Waals surface area contributed by atoms with Crippen LogP contribution in [0, 0.1) is 0 Å². The molecule has 2 rings (SSSR count). The Morgan fingerprint density at radius 3 is 2.27 bits per heavy atom. The van der Waals surface area contributed by atoms with Crippen LogP contribution in [-0.2, 0) is 6.61 Å². The second kappa shape index (κ2) is 7.15. The maximum absolute atomic E-state index is 10.8. The maximum Gasteiger partial charge on any atom is 0.125 e. The van der Waals surface area contributed by atoms with Gasteiger partial charge in [-0.15, -0.1) is 0 Å². The van der Waals surface area contributed by atoms with Gasteiger partial charge in [0.1, 0.15) is 23.4 Å². The molecule has 5 nitrogen and oxygen atoms in total. The Hall–Kier alpha value is -2.24. The largest absolute Gasteiger partial charge is 0.497 e. The molecule has 22 heavy (non-hydrogen) atoms. The average Bonchev–Trinajstić information content (AvgIpc) is 2.59. The van der Waals surface area contributed by atoms with Gasteiger partial charge in [-0.25, -0.2) is 0 Å². The number of methoxy groups -OCH3 is 3. The first-order valence-electron chi connectivity index (χ1n) is 6.82. The third kappa shape index (κ3) is 3.00. The van der Waals surface area contributed by atoms with Crippen LogP contribution in [0.1, 0.15) is 22.8 Å². The second-order valence-electron chi connectivity index (χ2n) is 4.70. The normalized spacial score (nSPS) is 11.9. The molecule has 0 spiro atoms.